The lowest BCUT2D eigenvalue weighted by atomic mass is 9.53. The summed E-state index contributed by atoms with van der Waals surface area (Å²) in [6.07, 6.45) is 8.21. The number of methoxy groups -OCH3 is 1. The summed E-state index contributed by atoms with van der Waals surface area (Å²) in [6, 6.07) is 8.40. The molecule has 5 atom stereocenters. The smallest absolute Gasteiger partial charge is 0.156 e. The lowest BCUT2D eigenvalue weighted by molar-refractivity contribution is -0.114. The minimum Gasteiger partial charge on any atom is -0.491 e. The number of hydrogen-bond acceptors (Lipinski definition) is 4. The van der Waals surface area contributed by atoms with Gasteiger partial charge in [-0.3, -0.25) is 4.79 Å². The molecule has 1 N–H and O–H groups in total. The third-order valence-corrected chi connectivity index (χ3v) is 8.52. The Morgan fingerprint density at radius 2 is 1.94 bits per heavy atom. The molecule has 4 nitrogen and oxygen atoms in total. The molecule has 0 radical (unpaired) electrons. The normalized spacial score (nSPS) is 34.7. The van der Waals surface area contributed by atoms with Gasteiger partial charge in [0.2, 0.25) is 0 Å². The van der Waals surface area contributed by atoms with Gasteiger partial charge in [-0.2, -0.15) is 0 Å². The topological polar surface area (TPSA) is 55.8 Å². The molecule has 5 unspecified atom stereocenters. The molecule has 0 saturated heterocycles. The number of allylic oxidation sites excluding steroid dienone is 4. The average Bonchev–Trinajstić information content (AvgIpc) is 3.07. The van der Waals surface area contributed by atoms with Crippen LogP contribution in [0.4, 0.5) is 0 Å². The zero-order chi connectivity index (χ0) is 21.6. The second-order valence-electron chi connectivity index (χ2n) is 10.1. The average molecular weight is 423 g/mol. The highest BCUT2D eigenvalue weighted by Crippen LogP contribution is 2.64. The number of ether oxygens (including phenoxy) is 2. The Morgan fingerprint density at radius 3 is 2.77 bits per heavy atom. The van der Waals surface area contributed by atoms with Gasteiger partial charge in [0, 0.05) is 25.0 Å². The molecule has 0 bridgehead atoms. The number of ketones is 1. The molecule has 1 aromatic carbocycles. The third-order valence-electron chi connectivity index (χ3n) is 8.52. The number of carbonyl (C=O) groups is 1. The monoisotopic (exact) mass is 422 g/mol. The Bertz CT molecular complexity index is 929. The van der Waals surface area contributed by atoms with Crippen molar-refractivity contribution in [2.75, 3.05) is 20.3 Å². The van der Waals surface area contributed by atoms with Crippen LogP contribution in [0.15, 0.2) is 47.1 Å². The summed E-state index contributed by atoms with van der Waals surface area (Å²) in [5, 5.41) is 11.0. The number of aliphatic hydroxyl groups excluding tert-OH is 1. The number of aliphatic hydroxyl groups is 1. The summed E-state index contributed by atoms with van der Waals surface area (Å²) in [4.78, 5) is 12.1. The number of carbonyl (C=O) groups excluding carboxylic acids is 1. The van der Waals surface area contributed by atoms with Crippen molar-refractivity contribution in [2.24, 2.45) is 17.3 Å². The Morgan fingerprint density at radius 1 is 1.10 bits per heavy atom. The largest absolute Gasteiger partial charge is 0.491 e. The van der Waals surface area contributed by atoms with Crippen molar-refractivity contribution in [2.45, 2.75) is 63.9 Å². The van der Waals surface area contributed by atoms with Gasteiger partial charge in [0.25, 0.3) is 0 Å². The Hall–Kier alpha value is -1.91. The lowest BCUT2D eigenvalue weighted by Crippen LogP contribution is -2.45. The molecular formula is C27H34O4. The highest BCUT2D eigenvalue weighted by atomic mass is 16.5. The van der Waals surface area contributed by atoms with Gasteiger partial charge in [-0.15, -0.1) is 0 Å². The molecular weight excluding hydrogens is 388 g/mol. The fraction of sp³-hybridized carbons (Fsp3) is 0.593. The maximum atomic E-state index is 12.1. The molecule has 2 saturated carbocycles. The molecule has 166 valence electrons. The van der Waals surface area contributed by atoms with Crippen LogP contribution in [0.25, 0.3) is 0 Å². The van der Waals surface area contributed by atoms with Crippen LogP contribution >= 0.6 is 0 Å². The Balaban J connectivity index is 1.63. The molecule has 0 aliphatic heterocycles. The zero-order valence-corrected chi connectivity index (χ0v) is 18.7. The fourth-order valence-electron chi connectivity index (χ4n) is 7.05. The summed E-state index contributed by atoms with van der Waals surface area (Å²) >= 11 is 0. The molecule has 4 aliphatic rings. The third kappa shape index (κ3) is 3.48. The van der Waals surface area contributed by atoms with E-state index in [1.165, 1.54) is 16.7 Å². The molecule has 2 fully saturated rings. The minimum absolute atomic E-state index is 0.0647. The maximum Gasteiger partial charge on any atom is 0.156 e. The minimum atomic E-state index is -0.238. The van der Waals surface area contributed by atoms with Crippen molar-refractivity contribution in [3.8, 4) is 5.75 Å². The van der Waals surface area contributed by atoms with Crippen LogP contribution in [0, 0.1) is 17.3 Å². The summed E-state index contributed by atoms with van der Waals surface area (Å²) in [5.41, 5.74) is 5.42. The summed E-state index contributed by atoms with van der Waals surface area (Å²) in [7, 11) is 1.69. The number of para-hydroxylation sites is 1. The van der Waals surface area contributed by atoms with Gasteiger partial charge >= 0.3 is 0 Å². The van der Waals surface area contributed by atoms with Crippen molar-refractivity contribution >= 4 is 5.78 Å². The molecule has 5 rings (SSSR count). The molecule has 4 aliphatic carbocycles. The number of fused-ring (bicyclic) bond motifs is 4. The SMILES string of the molecule is COCCOc1ccccc1C1CC2(C)C(O)CCC2C2CCC3=CC(=O)CCC3=C12. The van der Waals surface area contributed by atoms with Gasteiger partial charge in [0.15, 0.2) is 5.78 Å². The van der Waals surface area contributed by atoms with E-state index >= 15 is 0 Å². The highest BCUT2D eigenvalue weighted by Gasteiger charge is 2.56. The number of rotatable bonds is 5. The highest BCUT2D eigenvalue weighted by molar-refractivity contribution is 5.93. The first-order chi connectivity index (χ1) is 15.0. The quantitative estimate of drug-likeness (QED) is 0.681. The second-order valence-corrected chi connectivity index (χ2v) is 10.1. The van der Waals surface area contributed by atoms with Crippen molar-refractivity contribution in [1.82, 2.24) is 0 Å². The van der Waals surface area contributed by atoms with Crippen molar-refractivity contribution in [3.63, 3.8) is 0 Å². The Labute approximate surface area is 185 Å². The van der Waals surface area contributed by atoms with E-state index in [0.29, 0.717) is 31.5 Å². The van der Waals surface area contributed by atoms with Crippen molar-refractivity contribution in [1.29, 1.82) is 0 Å². The first kappa shape index (κ1) is 21.0. The standard InChI is InChI=1S/C27H34O4/c1-27-16-22(20-5-3-4-6-24(20)31-14-13-30-2)26-19-10-8-18(28)15-17(19)7-9-21(26)23(27)11-12-25(27)29/h3-6,15,21-23,25,29H,7-14,16H2,1-2H3. The van der Waals surface area contributed by atoms with Crippen LogP contribution in [-0.4, -0.2) is 37.3 Å². The molecule has 1 aromatic rings. The van der Waals surface area contributed by atoms with E-state index in [-0.39, 0.29) is 23.2 Å². The molecule has 31 heavy (non-hydrogen) atoms. The van der Waals surface area contributed by atoms with Gasteiger partial charge < -0.3 is 14.6 Å². The van der Waals surface area contributed by atoms with Crippen molar-refractivity contribution in [3.05, 3.63) is 52.6 Å². The van der Waals surface area contributed by atoms with Crippen LogP contribution in [0.3, 0.4) is 0 Å². The predicted molar refractivity (Wildman–Crippen MR) is 120 cm³/mol. The predicted octanol–water partition coefficient (Wildman–Crippen LogP) is 4.97. The summed E-state index contributed by atoms with van der Waals surface area (Å²) in [6.45, 7) is 3.40. The van der Waals surface area contributed by atoms with E-state index in [2.05, 4.69) is 25.1 Å². The molecule has 0 amide bonds. The van der Waals surface area contributed by atoms with E-state index < -0.39 is 0 Å². The van der Waals surface area contributed by atoms with Crippen LogP contribution in [0.1, 0.15) is 63.4 Å². The van der Waals surface area contributed by atoms with E-state index in [9.17, 15) is 9.90 Å². The molecule has 4 heteroatoms. The molecule has 0 aromatic heterocycles. The number of benzene rings is 1. The maximum absolute atomic E-state index is 12.1. The van der Waals surface area contributed by atoms with Gasteiger partial charge in [-0.1, -0.05) is 30.7 Å². The zero-order valence-electron chi connectivity index (χ0n) is 18.7. The Kier molecular flexibility index (Phi) is 5.56. The van der Waals surface area contributed by atoms with Crippen LogP contribution in [0.5, 0.6) is 5.75 Å². The van der Waals surface area contributed by atoms with Crippen LogP contribution in [0.2, 0.25) is 0 Å². The van der Waals surface area contributed by atoms with E-state index in [4.69, 9.17) is 9.47 Å². The number of hydrogen-bond donors (Lipinski definition) is 1. The second kappa shape index (κ2) is 8.22. The van der Waals surface area contributed by atoms with Crippen LogP contribution < -0.4 is 4.74 Å². The van der Waals surface area contributed by atoms with E-state index in [1.54, 1.807) is 12.7 Å². The van der Waals surface area contributed by atoms with E-state index in [0.717, 1.165) is 44.3 Å². The lowest BCUT2D eigenvalue weighted by Gasteiger charge is -2.52. The first-order valence-electron chi connectivity index (χ1n) is 11.9. The summed E-state index contributed by atoms with van der Waals surface area (Å²) < 4.78 is 11.4. The first-order valence-corrected chi connectivity index (χ1v) is 11.9. The fourth-order valence-corrected chi connectivity index (χ4v) is 7.05. The van der Waals surface area contributed by atoms with Crippen LogP contribution in [-0.2, 0) is 9.53 Å². The van der Waals surface area contributed by atoms with Gasteiger partial charge in [-0.05, 0) is 79.1 Å². The summed E-state index contributed by atoms with van der Waals surface area (Å²) in [5.74, 6) is 2.45. The van der Waals surface area contributed by atoms with Gasteiger partial charge in [0.05, 0.1) is 12.7 Å². The van der Waals surface area contributed by atoms with E-state index in [1.807, 2.05) is 12.1 Å². The molecule has 0 spiro atoms. The molecule has 0 heterocycles. The van der Waals surface area contributed by atoms with Gasteiger partial charge in [-0.25, -0.2) is 0 Å². The van der Waals surface area contributed by atoms with Gasteiger partial charge in [0.1, 0.15) is 12.4 Å². The van der Waals surface area contributed by atoms with Crippen molar-refractivity contribution < 1.29 is 19.4 Å².